The highest BCUT2D eigenvalue weighted by atomic mass is 16.2. The lowest BCUT2D eigenvalue weighted by Crippen LogP contribution is -2.41. The molecule has 0 N–H and O–H groups in total. The second kappa shape index (κ2) is 10.4. The Morgan fingerprint density at radius 1 is 0.968 bits per heavy atom. The summed E-state index contributed by atoms with van der Waals surface area (Å²) in [5, 5.41) is 0. The number of carbonyl (C=O) groups is 2. The van der Waals surface area contributed by atoms with Crippen LogP contribution in [-0.4, -0.2) is 34.8 Å². The van der Waals surface area contributed by atoms with Crippen LogP contribution in [0.3, 0.4) is 0 Å². The van der Waals surface area contributed by atoms with Gasteiger partial charge in [-0.15, -0.1) is 0 Å². The molecule has 31 heavy (non-hydrogen) atoms. The van der Waals surface area contributed by atoms with E-state index in [-0.39, 0.29) is 18.2 Å². The SMILES string of the molecule is CC(C)CN(CC(C)C)C(=O)CC(=O)N(Cc1ccc2c(c1)C=CC2)c1ccncc1. The fourth-order valence-corrected chi connectivity index (χ4v) is 3.92. The van der Waals surface area contributed by atoms with E-state index >= 15 is 0 Å². The molecule has 1 aromatic heterocycles. The Balaban J connectivity index is 1.79. The number of carbonyl (C=O) groups excluding carboxylic acids is 2. The van der Waals surface area contributed by atoms with Gasteiger partial charge in [-0.2, -0.15) is 0 Å². The van der Waals surface area contributed by atoms with Gasteiger partial charge in [0.1, 0.15) is 6.42 Å². The molecule has 0 bridgehead atoms. The molecule has 0 saturated carbocycles. The summed E-state index contributed by atoms with van der Waals surface area (Å²) in [6.07, 6.45) is 8.44. The van der Waals surface area contributed by atoms with E-state index in [0.29, 0.717) is 31.5 Å². The molecule has 0 unspecified atom stereocenters. The Morgan fingerprint density at radius 2 is 1.65 bits per heavy atom. The summed E-state index contributed by atoms with van der Waals surface area (Å²) in [4.78, 5) is 33.9. The number of allylic oxidation sites excluding steroid dienone is 1. The molecule has 0 saturated heterocycles. The average Bonchev–Trinajstić information content (AvgIpc) is 3.19. The van der Waals surface area contributed by atoms with Crippen LogP contribution < -0.4 is 4.90 Å². The Kier molecular flexibility index (Phi) is 7.61. The van der Waals surface area contributed by atoms with Gasteiger partial charge in [0.25, 0.3) is 0 Å². The third-order valence-electron chi connectivity index (χ3n) is 5.29. The van der Waals surface area contributed by atoms with Gasteiger partial charge in [-0.05, 0) is 53.1 Å². The summed E-state index contributed by atoms with van der Waals surface area (Å²) in [7, 11) is 0. The molecule has 1 aliphatic rings. The Bertz CT molecular complexity index is 925. The van der Waals surface area contributed by atoms with Gasteiger partial charge >= 0.3 is 0 Å². The summed E-state index contributed by atoms with van der Waals surface area (Å²) in [5.74, 6) is 0.412. The van der Waals surface area contributed by atoms with Crippen molar-refractivity contribution in [1.29, 1.82) is 0 Å². The largest absolute Gasteiger partial charge is 0.342 e. The van der Waals surface area contributed by atoms with Crippen LogP contribution >= 0.6 is 0 Å². The van der Waals surface area contributed by atoms with Crippen LogP contribution in [0.2, 0.25) is 0 Å². The van der Waals surface area contributed by atoms with E-state index in [9.17, 15) is 9.59 Å². The standard InChI is InChI=1S/C26H33N3O2/c1-19(2)16-28(17-20(3)4)25(30)15-26(31)29(24-10-12-27-13-11-24)18-21-8-9-22-6-5-7-23(22)14-21/h5,7-14,19-20H,6,15-18H2,1-4H3. The highest BCUT2D eigenvalue weighted by Gasteiger charge is 2.24. The molecule has 1 aromatic carbocycles. The van der Waals surface area contributed by atoms with Crippen LogP contribution in [0.4, 0.5) is 5.69 Å². The minimum Gasteiger partial charge on any atom is -0.342 e. The van der Waals surface area contributed by atoms with Crippen molar-refractivity contribution in [3.8, 4) is 0 Å². The fourth-order valence-electron chi connectivity index (χ4n) is 3.92. The number of pyridine rings is 1. The van der Waals surface area contributed by atoms with Gasteiger partial charge in [-0.1, -0.05) is 52.0 Å². The van der Waals surface area contributed by atoms with Gasteiger partial charge < -0.3 is 9.80 Å². The number of hydrogen-bond acceptors (Lipinski definition) is 3. The predicted octanol–water partition coefficient (Wildman–Crippen LogP) is 4.71. The van der Waals surface area contributed by atoms with E-state index in [2.05, 4.69) is 63.0 Å². The third kappa shape index (κ3) is 6.27. The van der Waals surface area contributed by atoms with Gasteiger partial charge in [0, 0.05) is 31.2 Å². The zero-order chi connectivity index (χ0) is 22.4. The monoisotopic (exact) mass is 419 g/mol. The summed E-state index contributed by atoms with van der Waals surface area (Å²) < 4.78 is 0. The third-order valence-corrected chi connectivity index (χ3v) is 5.29. The number of rotatable bonds is 9. The molecule has 0 radical (unpaired) electrons. The van der Waals surface area contributed by atoms with Crippen LogP contribution in [0.15, 0.2) is 48.8 Å². The summed E-state index contributed by atoms with van der Waals surface area (Å²) >= 11 is 0. The topological polar surface area (TPSA) is 53.5 Å². The van der Waals surface area contributed by atoms with E-state index in [1.807, 2.05) is 17.0 Å². The number of hydrogen-bond donors (Lipinski definition) is 0. The van der Waals surface area contributed by atoms with E-state index in [1.165, 1.54) is 11.1 Å². The first-order valence-corrected chi connectivity index (χ1v) is 11.1. The number of anilines is 1. The van der Waals surface area contributed by atoms with E-state index < -0.39 is 0 Å². The van der Waals surface area contributed by atoms with Gasteiger partial charge in [-0.3, -0.25) is 14.6 Å². The molecule has 1 heterocycles. The molecule has 0 atom stereocenters. The number of amides is 2. The molecule has 5 heteroatoms. The summed E-state index contributed by atoms with van der Waals surface area (Å²) in [5.41, 5.74) is 4.31. The van der Waals surface area contributed by atoms with Crippen molar-refractivity contribution >= 4 is 23.6 Å². The second-order valence-corrected chi connectivity index (χ2v) is 9.09. The minimum absolute atomic E-state index is 0.108. The van der Waals surface area contributed by atoms with Crippen molar-refractivity contribution in [2.24, 2.45) is 11.8 Å². The lowest BCUT2D eigenvalue weighted by atomic mass is 10.1. The van der Waals surface area contributed by atoms with E-state index in [0.717, 1.165) is 17.7 Å². The molecule has 0 spiro atoms. The van der Waals surface area contributed by atoms with Crippen molar-refractivity contribution < 1.29 is 9.59 Å². The second-order valence-electron chi connectivity index (χ2n) is 9.09. The first-order chi connectivity index (χ1) is 14.8. The summed E-state index contributed by atoms with van der Waals surface area (Å²) in [6.45, 7) is 10.1. The molecule has 164 valence electrons. The molecule has 5 nitrogen and oxygen atoms in total. The van der Waals surface area contributed by atoms with Gasteiger partial charge in [0.15, 0.2) is 0 Å². The average molecular weight is 420 g/mol. The zero-order valence-corrected chi connectivity index (χ0v) is 19.0. The number of nitrogens with zero attached hydrogens (tertiary/aromatic N) is 3. The molecule has 0 aliphatic heterocycles. The van der Waals surface area contributed by atoms with Crippen LogP contribution in [0.25, 0.3) is 6.08 Å². The van der Waals surface area contributed by atoms with Crippen molar-refractivity contribution in [2.75, 3.05) is 18.0 Å². The highest BCUT2D eigenvalue weighted by molar-refractivity contribution is 6.04. The Hall–Kier alpha value is -2.95. The lowest BCUT2D eigenvalue weighted by molar-refractivity contribution is -0.136. The van der Waals surface area contributed by atoms with Gasteiger partial charge in [-0.25, -0.2) is 0 Å². The summed E-state index contributed by atoms with van der Waals surface area (Å²) in [6, 6.07) is 9.95. The normalized spacial score (nSPS) is 12.3. The van der Waals surface area contributed by atoms with Crippen molar-refractivity contribution in [3.63, 3.8) is 0 Å². The fraction of sp³-hybridized carbons (Fsp3) is 0.423. The van der Waals surface area contributed by atoms with Crippen LogP contribution in [0, 0.1) is 11.8 Å². The highest BCUT2D eigenvalue weighted by Crippen LogP contribution is 2.24. The molecule has 1 aliphatic carbocycles. The predicted molar refractivity (Wildman–Crippen MR) is 125 cm³/mol. The van der Waals surface area contributed by atoms with E-state index in [4.69, 9.17) is 0 Å². The maximum atomic E-state index is 13.3. The van der Waals surface area contributed by atoms with Crippen LogP contribution in [0.1, 0.15) is 50.8 Å². The quantitative estimate of drug-likeness (QED) is 0.553. The maximum Gasteiger partial charge on any atom is 0.236 e. The maximum absolute atomic E-state index is 13.3. The first kappa shape index (κ1) is 22.7. The van der Waals surface area contributed by atoms with Crippen molar-refractivity contribution in [3.05, 3.63) is 65.5 Å². The Morgan fingerprint density at radius 3 is 2.29 bits per heavy atom. The Labute approximate surface area is 185 Å². The zero-order valence-electron chi connectivity index (χ0n) is 19.0. The number of aromatic nitrogens is 1. The van der Waals surface area contributed by atoms with Crippen LogP contribution in [0.5, 0.6) is 0 Å². The molecular formula is C26H33N3O2. The first-order valence-electron chi connectivity index (χ1n) is 11.1. The van der Waals surface area contributed by atoms with Crippen molar-refractivity contribution in [2.45, 2.75) is 47.1 Å². The molecule has 0 fully saturated rings. The molecule has 2 aromatic rings. The number of benzene rings is 1. The van der Waals surface area contributed by atoms with Crippen LogP contribution in [-0.2, 0) is 22.6 Å². The lowest BCUT2D eigenvalue weighted by Gasteiger charge is -2.28. The van der Waals surface area contributed by atoms with Gasteiger partial charge in [0.2, 0.25) is 11.8 Å². The van der Waals surface area contributed by atoms with E-state index in [1.54, 1.807) is 17.3 Å². The smallest absolute Gasteiger partial charge is 0.236 e. The molecule has 2 amide bonds. The van der Waals surface area contributed by atoms with Crippen molar-refractivity contribution in [1.82, 2.24) is 9.88 Å². The number of fused-ring (bicyclic) bond motifs is 1. The molecule has 3 rings (SSSR count). The van der Waals surface area contributed by atoms with Gasteiger partial charge in [0.05, 0.1) is 6.54 Å². The minimum atomic E-state index is -0.190. The molecular weight excluding hydrogens is 386 g/mol.